The van der Waals surface area contributed by atoms with Crippen LogP contribution in [-0.2, 0) is 31.2 Å². The topological polar surface area (TPSA) is 69.7 Å². The quantitative estimate of drug-likeness (QED) is 0.283. The van der Waals surface area contributed by atoms with Crippen molar-refractivity contribution in [3.8, 4) is 5.75 Å². The van der Waals surface area contributed by atoms with Gasteiger partial charge in [-0.15, -0.1) is 0 Å². The minimum absolute atomic E-state index is 0.105. The number of carbonyl (C=O) groups excluding carboxylic acids is 1. The Bertz CT molecular complexity index is 1150. The highest BCUT2D eigenvalue weighted by atomic mass is 32.2. The SMILES string of the molecule is CCCCOC(=O)Cc1ccc(S(=O)(=O)c2ccc(OC)c(C3(C)CC4CC(C)CC(C4)C3)c2)cc1. The fraction of sp³-hybridized carbons (Fsp3) is 0.567. The van der Waals surface area contributed by atoms with Gasteiger partial charge in [0.15, 0.2) is 0 Å². The van der Waals surface area contributed by atoms with Gasteiger partial charge in [-0.1, -0.05) is 39.3 Å². The fourth-order valence-electron chi connectivity index (χ4n) is 6.61. The summed E-state index contributed by atoms with van der Waals surface area (Å²) in [7, 11) is -2.05. The molecule has 2 aliphatic carbocycles. The molecule has 2 aromatic carbocycles. The molecule has 0 aromatic heterocycles. The van der Waals surface area contributed by atoms with Crippen LogP contribution in [0.5, 0.6) is 5.75 Å². The molecular weight excluding hydrogens is 472 g/mol. The van der Waals surface area contributed by atoms with Gasteiger partial charge in [0.1, 0.15) is 5.75 Å². The Labute approximate surface area is 216 Å². The maximum atomic E-state index is 13.6. The molecule has 0 spiro atoms. The molecule has 2 saturated carbocycles. The molecule has 36 heavy (non-hydrogen) atoms. The highest BCUT2D eigenvalue weighted by Gasteiger charge is 2.43. The number of hydrogen-bond donors (Lipinski definition) is 0. The van der Waals surface area contributed by atoms with Crippen LogP contribution in [0.1, 0.15) is 76.8 Å². The molecule has 0 amide bonds. The van der Waals surface area contributed by atoms with Gasteiger partial charge >= 0.3 is 5.97 Å². The highest BCUT2D eigenvalue weighted by Crippen LogP contribution is 2.53. The zero-order chi connectivity index (χ0) is 25.9. The second-order valence-electron chi connectivity index (χ2n) is 11.3. The van der Waals surface area contributed by atoms with Gasteiger partial charge in [0, 0.05) is 5.56 Å². The van der Waals surface area contributed by atoms with E-state index in [9.17, 15) is 13.2 Å². The summed E-state index contributed by atoms with van der Waals surface area (Å²) in [5, 5.41) is 0. The molecule has 0 radical (unpaired) electrons. The van der Waals surface area contributed by atoms with Crippen LogP contribution in [-0.4, -0.2) is 28.1 Å². The minimum Gasteiger partial charge on any atom is -0.496 e. The Hall–Kier alpha value is -2.34. The molecular formula is C30H40O5S. The number of ether oxygens (including phenoxy) is 2. The smallest absolute Gasteiger partial charge is 0.310 e. The van der Waals surface area contributed by atoms with Crippen molar-refractivity contribution in [1.82, 2.24) is 0 Å². The first-order valence-corrected chi connectivity index (χ1v) is 14.8. The van der Waals surface area contributed by atoms with Crippen molar-refractivity contribution in [2.75, 3.05) is 13.7 Å². The second-order valence-corrected chi connectivity index (χ2v) is 13.2. The van der Waals surface area contributed by atoms with Crippen LogP contribution in [0, 0.1) is 17.8 Å². The fourth-order valence-corrected chi connectivity index (χ4v) is 7.89. The lowest BCUT2D eigenvalue weighted by Gasteiger charge is -2.48. The van der Waals surface area contributed by atoms with Crippen molar-refractivity contribution in [1.29, 1.82) is 0 Å². The summed E-state index contributed by atoms with van der Waals surface area (Å²) < 4.78 is 38.1. The molecule has 2 bridgehead atoms. The monoisotopic (exact) mass is 512 g/mol. The normalized spacial score (nSPS) is 25.8. The summed E-state index contributed by atoms with van der Waals surface area (Å²) in [6.07, 6.45) is 7.87. The van der Waals surface area contributed by atoms with Gasteiger partial charge in [0.05, 0.1) is 29.9 Å². The predicted octanol–water partition coefficient (Wildman–Crippen LogP) is 6.52. The third-order valence-electron chi connectivity index (χ3n) is 8.09. The summed E-state index contributed by atoms with van der Waals surface area (Å²) in [5.41, 5.74) is 1.63. The van der Waals surface area contributed by atoms with Crippen LogP contribution < -0.4 is 4.74 Å². The zero-order valence-corrected chi connectivity index (χ0v) is 22.9. The molecule has 6 heteroatoms. The first kappa shape index (κ1) is 26.7. The summed E-state index contributed by atoms with van der Waals surface area (Å²) in [6.45, 7) is 7.10. The first-order chi connectivity index (χ1) is 17.1. The Morgan fingerprint density at radius 3 is 2.25 bits per heavy atom. The predicted molar refractivity (Wildman–Crippen MR) is 141 cm³/mol. The van der Waals surface area contributed by atoms with E-state index >= 15 is 0 Å². The first-order valence-electron chi connectivity index (χ1n) is 13.3. The van der Waals surface area contributed by atoms with E-state index in [0.29, 0.717) is 18.4 Å². The Morgan fingerprint density at radius 2 is 1.64 bits per heavy atom. The molecule has 5 nitrogen and oxygen atoms in total. The molecule has 0 heterocycles. The Morgan fingerprint density at radius 1 is 1.00 bits per heavy atom. The van der Waals surface area contributed by atoms with Gasteiger partial charge in [-0.3, -0.25) is 4.79 Å². The summed E-state index contributed by atoms with van der Waals surface area (Å²) in [5.74, 6) is 2.61. The third kappa shape index (κ3) is 5.80. The third-order valence-corrected chi connectivity index (χ3v) is 9.86. The molecule has 196 valence electrons. The van der Waals surface area contributed by atoms with Crippen LogP contribution in [0.15, 0.2) is 52.3 Å². The van der Waals surface area contributed by atoms with E-state index in [1.165, 1.54) is 19.3 Å². The van der Waals surface area contributed by atoms with Crippen molar-refractivity contribution in [2.45, 2.75) is 87.3 Å². The largest absolute Gasteiger partial charge is 0.496 e. The zero-order valence-electron chi connectivity index (χ0n) is 22.1. The molecule has 2 aliphatic rings. The van der Waals surface area contributed by atoms with Gasteiger partial charge in [-0.05, 0) is 97.6 Å². The number of unbranched alkanes of at least 4 members (excludes halogenated alkanes) is 1. The standard InChI is InChI=1S/C30H40O5S/c1-5-6-13-35-29(31)17-22-7-9-25(10-8-22)36(32,33)26-11-12-28(34-4)27(18-26)30(3)19-23-14-21(2)15-24(16-23)20-30/h7-12,18,21,23-24H,5-6,13-17,19-20H2,1-4H3. The highest BCUT2D eigenvalue weighted by molar-refractivity contribution is 7.91. The Kier molecular flexibility index (Phi) is 8.13. The van der Waals surface area contributed by atoms with Crippen LogP contribution in [0.3, 0.4) is 0 Å². The number of hydrogen-bond acceptors (Lipinski definition) is 5. The van der Waals surface area contributed by atoms with E-state index in [-0.39, 0.29) is 27.6 Å². The van der Waals surface area contributed by atoms with Crippen molar-refractivity contribution in [3.63, 3.8) is 0 Å². The van der Waals surface area contributed by atoms with Gasteiger partial charge in [0.2, 0.25) is 9.84 Å². The van der Waals surface area contributed by atoms with Crippen LogP contribution >= 0.6 is 0 Å². The van der Waals surface area contributed by atoms with Crippen LogP contribution in [0.2, 0.25) is 0 Å². The molecule has 2 unspecified atom stereocenters. The van der Waals surface area contributed by atoms with Gasteiger partial charge in [0.25, 0.3) is 0 Å². The maximum absolute atomic E-state index is 13.6. The van der Waals surface area contributed by atoms with E-state index in [1.807, 2.05) is 13.0 Å². The molecule has 2 fully saturated rings. The lowest BCUT2D eigenvalue weighted by molar-refractivity contribution is -0.142. The summed E-state index contributed by atoms with van der Waals surface area (Å²) >= 11 is 0. The number of sulfone groups is 1. The number of methoxy groups -OCH3 is 1. The Balaban J connectivity index is 1.57. The van der Waals surface area contributed by atoms with Crippen LogP contribution in [0.4, 0.5) is 0 Å². The van der Waals surface area contributed by atoms with Crippen molar-refractivity contribution >= 4 is 15.8 Å². The van der Waals surface area contributed by atoms with Gasteiger partial charge < -0.3 is 9.47 Å². The molecule has 2 aromatic rings. The lowest BCUT2D eigenvalue weighted by atomic mass is 9.57. The number of carbonyl (C=O) groups is 1. The number of rotatable bonds is 9. The number of benzene rings is 2. The second kappa shape index (κ2) is 11.0. The lowest BCUT2D eigenvalue weighted by Crippen LogP contribution is -2.39. The van der Waals surface area contributed by atoms with Gasteiger partial charge in [-0.2, -0.15) is 0 Å². The molecule has 0 aliphatic heterocycles. The maximum Gasteiger partial charge on any atom is 0.310 e. The van der Waals surface area contributed by atoms with Crippen LogP contribution in [0.25, 0.3) is 0 Å². The van der Waals surface area contributed by atoms with Crippen molar-refractivity contribution in [3.05, 3.63) is 53.6 Å². The number of fused-ring (bicyclic) bond motifs is 2. The average molecular weight is 513 g/mol. The minimum atomic E-state index is -3.71. The van der Waals surface area contributed by atoms with E-state index in [4.69, 9.17) is 9.47 Å². The number of esters is 1. The average Bonchev–Trinajstić information content (AvgIpc) is 2.83. The molecule has 0 saturated heterocycles. The van der Waals surface area contributed by atoms with E-state index in [2.05, 4.69) is 13.8 Å². The van der Waals surface area contributed by atoms with E-state index in [1.54, 1.807) is 43.5 Å². The van der Waals surface area contributed by atoms with Gasteiger partial charge in [-0.25, -0.2) is 8.42 Å². The van der Waals surface area contributed by atoms with Crippen molar-refractivity contribution in [2.24, 2.45) is 17.8 Å². The molecule has 0 N–H and O–H groups in total. The molecule has 4 rings (SSSR count). The molecule has 2 atom stereocenters. The van der Waals surface area contributed by atoms with E-state index in [0.717, 1.165) is 48.5 Å². The summed E-state index contributed by atoms with van der Waals surface area (Å²) in [6, 6.07) is 11.9. The van der Waals surface area contributed by atoms with Crippen molar-refractivity contribution < 1.29 is 22.7 Å². The summed E-state index contributed by atoms with van der Waals surface area (Å²) in [4.78, 5) is 12.5. The van der Waals surface area contributed by atoms with E-state index < -0.39 is 9.84 Å².